The Morgan fingerprint density at radius 1 is 1.17 bits per heavy atom. The first-order valence-corrected chi connectivity index (χ1v) is 7.61. The molecular formula is C19H17NO4. The van der Waals surface area contributed by atoms with E-state index in [1.54, 1.807) is 24.3 Å². The van der Waals surface area contributed by atoms with Gasteiger partial charge in [-0.05, 0) is 30.2 Å². The maximum Gasteiger partial charge on any atom is 0.287 e. The van der Waals surface area contributed by atoms with Gasteiger partial charge in [0.25, 0.3) is 5.91 Å². The van der Waals surface area contributed by atoms with Crippen LogP contribution < -0.4 is 10.7 Å². The standard InChI is InChI=1S/C19H17NO4/c1-12-6-2-3-7-13(12)16(22)11-20-19(23)18-10-15(21)14-8-4-5-9-17(14)24-18/h2-10,16,22H,11H2,1H3,(H,20,23). The van der Waals surface area contributed by atoms with Gasteiger partial charge in [-0.3, -0.25) is 9.59 Å². The molecule has 0 bridgehead atoms. The number of amides is 1. The van der Waals surface area contributed by atoms with Crippen LogP contribution in [0.15, 0.2) is 63.8 Å². The van der Waals surface area contributed by atoms with Gasteiger partial charge in [0.1, 0.15) is 5.58 Å². The van der Waals surface area contributed by atoms with E-state index in [0.717, 1.165) is 17.2 Å². The molecule has 0 radical (unpaired) electrons. The molecule has 0 saturated carbocycles. The largest absolute Gasteiger partial charge is 0.451 e. The Morgan fingerprint density at radius 3 is 2.67 bits per heavy atom. The highest BCUT2D eigenvalue weighted by Crippen LogP contribution is 2.17. The van der Waals surface area contributed by atoms with Crippen molar-refractivity contribution in [3.8, 4) is 0 Å². The van der Waals surface area contributed by atoms with Gasteiger partial charge in [-0.15, -0.1) is 0 Å². The molecule has 1 aromatic heterocycles. The van der Waals surface area contributed by atoms with Crippen LogP contribution in [0.1, 0.15) is 27.8 Å². The Balaban J connectivity index is 1.76. The number of para-hydroxylation sites is 1. The normalized spacial score (nSPS) is 12.1. The Morgan fingerprint density at radius 2 is 1.88 bits per heavy atom. The van der Waals surface area contributed by atoms with E-state index in [1.807, 2.05) is 31.2 Å². The van der Waals surface area contributed by atoms with E-state index >= 15 is 0 Å². The average molecular weight is 323 g/mol. The van der Waals surface area contributed by atoms with Gasteiger partial charge < -0.3 is 14.8 Å². The molecule has 0 spiro atoms. The SMILES string of the molecule is Cc1ccccc1C(O)CNC(=O)c1cc(=O)c2ccccc2o1. The maximum atomic E-state index is 12.2. The molecule has 122 valence electrons. The number of carbonyl (C=O) groups is 1. The van der Waals surface area contributed by atoms with Crippen LogP contribution >= 0.6 is 0 Å². The molecule has 1 atom stereocenters. The second kappa shape index (κ2) is 6.68. The van der Waals surface area contributed by atoms with Crippen LogP contribution in [0.25, 0.3) is 11.0 Å². The third-order valence-corrected chi connectivity index (χ3v) is 3.86. The van der Waals surface area contributed by atoms with E-state index in [0.29, 0.717) is 11.0 Å². The van der Waals surface area contributed by atoms with Crippen molar-refractivity contribution in [2.45, 2.75) is 13.0 Å². The quantitative estimate of drug-likeness (QED) is 0.773. The first-order valence-electron chi connectivity index (χ1n) is 7.61. The summed E-state index contributed by atoms with van der Waals surface area (Å²) in [7, 11) is 0. The van der Waals surface area contributed by atoms with Crippen LogP contribution in [-0.2, 0) is 0 Å². The van der Waals surface area contributed by atoms with E-state index in [9.17, 15) is 14.7 Å². The van der Waals surface area contributed by atoms with Crippen molar-refractivity contribution in [2.24, 2.45) is 0 Å². The lowest BCUT2D eigenvalue weighted by Crippen LogP contribution is -2.29. The molecule has 5 heteroatoms. The minimum Gasteiger partial charge on any atom is -0.451 e. The van der Waals surface area contributed by atoms with Crippen molar-refractivity contribution < 1.29 is 14.3 Å². The highest BCUT2D eigenvalue weighted by molar-refractivity contribution is 5.93. The summed E-state index contributed by atoms with van der Waals surface area (Å²) in [5.74, 6) is -0.610. The van der Waals surface area contributed by atoms with E-state index < -0.39 is 12.0 Å². The monoisotopic (exact) mass is 323 g/mol. The molecule has 3 aromatic rings. The van der Waals surface area contributed by atoms with Gasteiger partial charge in [0.15, 0.2) is 11.2 Å². The summed E-state index contributed by atoms with van der Waals surface area (Å²) in [6.07, 6.45) is -0.831. The van der Waals surface area contributed by atoms with Crippen LogP contribution in [0, 0.1) is 6.92 Å². The van der Waals surface area contributed by atoms with Gasteiger partial charge in [0.2, 0.25) is 0 Å². The molecule has 0 saturated heterocycles. The fourth-order valence-electron chi connectivity index (χ4n) is 2.56. The highest BCUT2D eigenvalue weighted by atomic mass is 16.3. The number of nitrogens with one attached hydrogen (secondary N) is 1. The van der Waals surface area contributed by atoms with Gasteiger partial charge in [-0.1, -0.05) is 36.4 Å². The summed E-state index contributed by atoms with van der Waals surface area (Å²) in [4.78, 5) is 24.2. The van der Waals surface area contributed by atoms with Crippen LogP contribution in [-0.4, -0.2) is 17.6 Å². The van der Waals surface area contributed by atoms with Crippen molar-refractivity contribution in [3.05, 3.63) is 81.7 Å². The minimum atomic E-state index is -0.831. The lowest BCUT2D eigenvalue weighted by molar-refractivity contribution is 0.0889. The number of aliphatic hydroxyl groups excluding tert-OH is 1. The molecule has 0 aliphatic carbocycles. The average Bonchev–Trinajstić information content (AvgIpc) is 2.59. The summed E-state index contributed by atoms with van der Waals surface area (Å²) >= 11 is 0. The number of carbonyl (C=O) groups excluding carboxylic acids is 1. The van der Waals surface area contributed by atoms with Crippen LogP contribution in [0.2, 0.25) is 0 Å². The summed E-state index contributed by atoms with van der Waals surface area (Å²) in [6.45, 7) is 1.92. The number of benzene rings is 2. The molecule has 2 aromatic carbocycles. The zero-order valence-corrected chi connectivity index (χ0v) is 13.2. The Kier molecular flexibility index (Phi) is 4.44. The fourth-order valence-corrected chi connectivity index (χ4v) is 2.56. The number of hydrogen-bond donors (Lipinski definition) is 2. The van der Waals surface area contributed by atoms with Crippen LogP contribution in [0.3, 0.4) is 0 Å². The molecule has 0 fully saturated rings. The molecule has 1 amide bonds. The van der Waals surface area contributed by atoms with E-state index in [4.69, 9.17) is 4.42 Å². The van der Waals surface area contributed by atoms with Crippen molar-refractivity contribution in [2.75, 3.05) is 6.54 Å². The van der Waals surface area contributed by atoms with Gasteiger partial charge in [-0.2, -0.15) is 0 Å². The Hall–Kier alpha value is -2.92. The zero-order chi connectivity index (χ0) is 17.1. The molecule has 0 aliphatic rings. The van der Waals surface area contributed by atoms with Crippen molar-refractivity contribution in [3.63, 3.8) is 0 Å². The molecule has 1 unspecified atom stereocenters. The van der Waals surface area contributed by atoms with Crippen LogP contribution in [0.5, 0.6) is 0 Å². The topological polar surface area (TPSA) is 79.5 Å². The van der Waals surface area contributed by atoms with Gasteiger partial charge in [0.05, 0.1) is 11.5 Å². The second-order valence-corrected chi connectivity index (χ2v) is 5.55. The summed E-state index contributed by atoms with van der Waals surface area (Å²) in [5.41, 5.74) is 1.77. The summed E-state index contributed by atoms with van der Waals surface area (Å²) in [6, 6.07) is 15.3. The summed E-state index contributed by atoms with van der Waals surface area (Å²) in [5, 5.41) is 13.2. The second-order valence-electron chi connectivity index (χ2n) is 5.55. The minimum absolute atomic E-state index is 0.0280. The van der Waals surface area contributed by atoms with E-state index in [-0.39, 0.29) is 17.7 Å². The number of rotatable bonds is 4. The Labute approximate surface area is 138 Å². The number of aliphatic hydroxyl groups is 1. The van der Waals surface area contributed by atoms with Crippen LogP contribution in [0.4, 0.5) is 0 Å². The van der Waals surface area contributed by atoms with Gasteiger partial charge in [0, 0.05) is 12.6 Å². The van der Waals surface area contributed by atoms with Crippen molar-refractivity contribution in [1.82, 2.24) is 5.32 Å². The number of hydrogen-bond acceptors (Lipinski definition) is 4. The fraction of sp³-hybridized carbons (Fsp3) is 0.158. The molecule has 1 heterocycles. The Bertz CT molecular complexity index is 945. The van der Waals surface area contributed by atoms with E-state index in [2.05, 4.69) is 5.32 Å². The first kappa shape index (κ1) is 16.0. The third-order valence-electron chi connectivity index (χ3n) is 3.86. The third kappa shape index (κ3) is 3.21. The zero-order valence-electron chi connectivity index (χ0n) is 13.2. The van der Waals surface area contributed by atoms with E-state index in [1.165, 1.54) is 0 Å². The highest BCUT2D eigenvalue weighted by Gasteiger charge is 2.15. The summed E-state index contributed by atoms with van der Waals surface area (Å²) < 4.78 is 5.47. The first-order chi connectivity index (χ1) is 11.6. The molecule has 3 rings (SSSR count). The maximum absolute atomic E-state index is 12.2. The van der Waals surface area contributed by atoms with Crippen molar-refractivity contribution >= 4 is 16.9 Å². The number of fused-ring (bicyclic) bond motifs is 1. The lowest BCUT2D eigenvalue weighted by Gasteiger charge is -2.14. The molecule has 5 nitrogen and oxygen atoms in total. The van der Waals surface area contributed by atoms with Gasteiger partial charge in [-0.25, -0.2) is 0 Å². The molecular weight excluding hydrogens is 306 g/mol. The van der Waals surface area contributed by atoms with Crippen molar-refractivity contribution in [1.29, 1.82) is 0 Å². The smallest absolute Gasteiger partial charge is 0.287 e. The number of aryl methyl sites for hydroxylation is 1. The molecule has 0 aliphatic heterocycles. The van der Waals surface area contributed by atoms with Gasteiger partial charge >= 0.3 is 0 Å². The predicted molar refractivity (Wildman–Crippen MR) is 91.0 cm³/mol. The predicted octanol–water partition coefficient (Wildman–Crippen LogP) is 2.56. The lowest BCUT2D eigenvalue weighted by atomic mass is 10.0. The molecule has 24 heavy (non-hydrogen) atoms. The molecule has 2 N–H and O–H groups in total.